The van der Waals surface area contributed by atoms with Crippen LogP contribution in [0.5, 0.6) is 0 Å². The molecule has 0 aliphatic carbocycles. The molecule has 82 valence electrons. The fourth-order valence-electron chi connectivity index (χ4n) is 1.27. The molecule has 0 aliphatic heterocycles. The molecule has 0 unspecified atom stereocenters. The third-order valence-electron chi connectivity index (χ3n) is 2.20. The Morgan fingerprint density at radius 2 is 2.40 bits per heavy atom. The van der Waals surface area contributed by atoms with E-state index in [4.69, 9.17) is 5.73 Å². The molecule has 0 saturated carbocycles. The van der Waals surface area contributed by atoms with Crippen LogP contribution in [0.3, 0.4) is 0 Å². The van der Waals surface area contributed by atoms with Crippen LogP contribution in [0.4, 0.5) is 0 Å². The number of carbonyl (C=O) groups excluding carboxylic acids is 1. The first-order valence-corrected chi connectivity index (χ1v) is 5.07. The first-order valence-electron chi connectivity index (χ1n) is 5.07. The fraction of sp³-hybridized carbons (Fsp3) is 0.455. The Morgan fingerprint density at radius 3 is 3.00 bits per heavy atom. The van der Waals surface area contributed by atoms with E-state index >= 15 is 0 Å². The van der Waals surface area contributed by atoms with Gasteiger partial charge in [0.05, 0.1) is 6.42 Å². The van der Waals surface area contributed by atoms with Crippen LogP contribution in [-0.2, 0) is 11.2 Å². The summed E-state index contributed by atoms with van der Waals surface area (Å²) in [4.78, 5) is 17.4. The van der Waals surface area contributed by atoms with E-state index in [2.05, 4.69) is 4.98 Å². The molecule has 1 aromatic heterocycles. The lowest BCUT2D eigenvalue weighted by atomic mass is 10.2. The highest BCUT2D eigenvalue weighted by Gasteiger charge is 2.08. The summed E-state index contributed by atoms with van der Waals surface area (Å²) in [5, 5.41) is 0. The average Bonchev–Trinajstić information content (AvgIpc) is 2.27. The highest BCUT2D eigenvalue weighted by atomic mass is 16.2. The van der Waals surface area contributed by atoms with Crippen LogP contribution in [0, 0.1) is 0 Å². The minimum atomic E-state index is 0.108. The third kappa shape index (κ3) is 4.08. The van der Waals surface area contributed by atoms with Crippen LogP contribution in [0.15, 0.2) is 24.5 Å². The first kappa shape index (κ1) is 11.7. The second-order valence-corrected chi connectivity index (χ2v) is 3.50. The maximum absolute atomic E-state index is 11.7. The number of rotatable bonds is 5. The number of pyridine rings is 1. The van der Waals surface area contributed by atoms with Gasteiger partial charge < -0.3 is 10.6 Å². The quantitative estimate of drug-likeness (QED) is 0.761. The molecule has 4 nitrogen and oxygen atoms in total. The Kier molecular flexibility index (Phi) is 4.77. The van der Waals surface area contributed by atoms with Crippen LogP contribution in [0.25, 0.3) is 0 Å². The van der Waals surface area contributed by atoms with Crippen molar-refractivity contribution in [3.8, 4) is 0 Å². The van der Waals surface area contributed by atoms with Crippen molar-refractivity contribution in [1.82, 2.24) is 9.88 Å². The summed E-state index contributed by atoms with van der Waals surface area (Å²) in [7, 11) is 1.80. The van der Waals surface area contributed by atoms with Gasteiger partial charge in [-0.3, -0.25) is 9.78 Å². The van der Waals surface area contributed by atoms with Gasteiger partial charge in [-0.2, -0.15) is 0 Å². The molecule has 0 bridgehead atoms. The smallest absolute Gasteiger partial charge is 0.226 e. The summed E-state index contributed by atoms with van der Waals surface area (Å²) >= 11 is 0. The summed E-state index contributed by atoms with van der Waals surface area (Å²) in [6, 6.07) is 3.74. The number of likely N-dealkylation sites (N-methyl/N-ethyl adjacent to an activating group) is 1. The molecule has 1 aromatic rings. The summed E-state index contributed by atoms with van der Waals surface area (Å²) in [5.74, 6) is 0.108. The number of hydrogen-bond acceptors (Lipinski definition) is 3. The largest absolute Gasteiger partial charge is 0.345 e. The first-order chi connectivity index (χ1) is 7.24. The van der Waals surface area contributed by atoms with E-state index in [1.54, 1.807) is 24.3 Å². The number of nitrogens with two attached hydrogens (primary N) is 1. The predicted molar refractivity (Wildman–Crippen MR) is 59.2 cm³/mol. The molecule has 0 aliphatic rings. The van der Waals surface area contributed by atoms with E-state index in [0.717, 1.165) is 18.5 Å². The molecule has 0 spiro atoms. The van der Waals surface area contributed by atoms with E-state index < -0.39 is 0 Å². The number of hydrogen-bond donors (Lipinski definition) is 1. The van der Waals surface area contributed by atoms with E-state index in [1.165, 1.54) is 0 Å². The molecule has 1 amide bonds. The fourth-order valence-corrected chi connectivity index (χ4v) is 1.27. The summed E-state index contributed by atoms with van der Waals surface area (Å²) in [5.41, 5.74) is 6.33. The molecule has 0 atom stereocenters. The van der Waals surface area contributed by atoms with Gasteiger partial charge in [-0.1, -0.05) is 6.07 Å². The molecular formula is C11H17N3O. The molecule has 0 radical (unpaired) electrons. The van der Waals surface area contributed by atoms with Gasteiger partial charge in [-0.05, 0) is 24.6 Å². The zero-order valence-electron chi connectivity index (χ0n) is 9.02. The molecule has 1 heterocycles. The van der Waals surface area contributed by atoms with Gasteiger partial charge >= 0.3 is 0 Å². The maximum atomic E-state index is 11.7. The average molecular weight is 207 g/mol. The van der Waals surface area contributed by atoms with E-state index in [-0.39, 0.29) is 5.91 Å². The Labute approximate surface area is 90.1 Å². The Bertz CT molecular complexity index is 300. The Morgan fingerprint density at radius 1 is 1.60 bits per heavy atom. The second kappa shape index (κ2) is 6.14. The number of carbonyl (C=O) groups is 1. The predicted octanol–water partition coefficient (Wildman–Crippen LogP) is 0.431. The van der Waals surface area contributed by atoms with Crippen molar-refractivity contribution in [2.75, 3.05) is 20.1 Å². The van der Waals surface area contributed by atoms with Crippen LogP contribution >= 0.6 is 0 Å². The van der Waals surface area contributed by atoms with Crippen LogP contribution in [0.2, 0.25) is 0 Å². The van der Waals surface area contributed by atoms with Gasteiger partial charge in [0, 0.05) is 26.0 Å². The normalized spacial score (nSPS) is 10.0. The Hall–Kier alpha value is -1.42. The van der Waals surface area contributed by atoms with Gasteiger partial charge in [0.1, 0.15) is 0 Å². The standard InChI is InChI=1S/C11H17N3O/c1-14(7-3-5-12)11(15)8-10-4-2-6-13-9-10/h2,4,6,9H,3,5,7-8,12H2,1H3. The minimum Gasteiger partial charge on any atom is -0.345 e. The zero-order valence-corrected chi connectivity index (χ0v) is 9.02. The molecule has 15 heavy (non-hydrogen) atoms. The maximum Gasteiger partial charge on any atom is 0.226 e. The molecule has 0 saturated heterocycles. The lowest BCUT2D eigenvalue weighted by Gasteiger charge is -2.16. The zero-order chi connectivity index (χ0) is 11.1. The summed E-state index contributed by atoms with van der Waals surface area (Å²) in [6.07, 6.45) is 4.67. The summed E-state index contributed by atoms with van der Waals surface area (Å²) in [6.45, 7) is 1.33. The molecule has 0 aromatic carbocycles. The monoisotopic (exact) mass is 207 g/mol. The van der Waals surface area contributed by atoms with Gasteiger partial charge in [-0.25, -0.2) is 0 Å². The lowest BCUT2D eigenvalue weighted by Crippen LogP contribution is -2.30. The molecule has 4 heteroatoms. The van der Waals surface area contributed by atoms with Gasteiger partial charge in [0.2, 0.25) is 5.91 Å². The van der Waals surface area contributed by atoms with Crippen molar-refractivity contribution in [1.29, 1.82) is 0 Å². The van der Waals surface area contributed by atoms with Crippen molar-refractivity contribution < 1.29 is 4.79 Å². The second-order valence-electron chi connectivity index (χ2n) is 3.50. The Balaban J connectivity index is 2.42. The van der Waals surface area contributed by atoms with Crippen molar-refractivity contribution in [3.05, 3.63) is 30.1 Å². The van der Waals surface area contributed by atoms with Crippen molar-refractivity contribution in [2.24, 2.45) is 5.73 Å². The number of aromatic nitrogens is 1. The molecule has 1 rings (SSSR count). The topological polar surface area (TPSA) is 59.2 Å². The van der Waals surface area contributed by atoms with Crippen LogP contribution in [-0.4, -0.2) is 35.9 Å². The lowest BCUT2D eigenvalue weighted by molar-refractivity contribution is -0.129. The number of amides is 1. The SMILES string of the molecule is CN(CCCN)C(=O)Cc1cccnc1. The molecule has 0 fully saturated rings. The van der Waals surface area contributed by atoms with E-state index in [1.807, 2.05) is 12.1 Å². The number of nitrogens with zero attached hydrogens (tertiary/aromatic N) is 2. The van der Waals surface area contributed by atoms with Crippen LogP contribution < -0.4 is 5.73 Å². The third-order valence-corrected chi connectivity index (χ3v) is 2.20. The molecular weight excluding hydrogens is 190 g/mol. The van der Waals surface area contributed by atoms with Crippen LogP contribution in [0.1, 0.15) is 12.0 Å². The van der Waals surface area contributed by atoms with E-state index in [0.29, 0.717) is 13.0 Å². The molecule has 2 N–H and O–H groups in total. The van der Waals surface area contributed by atoms with Gasteiger partial charge in [-0.15, -0.1) is 0 Å². The van der Waals surface area contributed by atoms with Gasteiger partial charge in [0.15, 0.2) is 0 Å². The van der Waals surface area contributed by atoms with E-state index in [9.17, 15) is 4.79 Å². The highest BCUT2D eigenvalue weighted by Crippen LogP contribution is 2.00. The van der Waals surface area contributed by atoms with Crippen molar-refractivity contribution in [2.45, 2.75) is 12.8 Å². The van der Waals surface area contributed by atoms with Gasteiger partial charge in [0.25, 0.3) is 0 Å². The minimum absolute atomic E-state index is 0.108. The summed E-state index contributed by atoms with van der Waals surface area (Å²) < 4.78 is 0. The van der Waals surface area contributed by atoms with Crippen molar-refractivity contribution in [3.63, 3.8) is 0 Å². The highest BCUT2D eigenvalue weighted by molar-refractivity contribution is 5.78. The van der Waals surface area contributed by atoms with Crippen molar-refractivity contribution >= 4 is 5.91 Å².